The summed E-state index contributed by atoms with van der Waals surface area (Å²) in [7, 11) is 1.31. The van der Waals surface area contributed by atoms with Crippen LogP contribution < -0.4 is 10.6 Å². The van der Waals surface area contributed by atoms with Gasteiger partial charge in [-0.05, 0) is 47.1 Å². The largest absolute Gasteiger partial charge is 0.468 e. The predicted molar refractivity (Wildman–Crippen MR) is 93.0 cm³/mol. The summed E-state index contributed by atoms with van der Waals surface area (Å²) in [5.74, 6) is -1.09. The second-order valence-corrected chi connectivity index (χ2v) is 5.64. The van der Waals surface area contributed by atoms with Crippen LogP contribution in [0.25, 0.3) is 0 Å². The molecule has 0 heterocycles. The molecular formula is C17H32N2O6. The lowest BCUT2D eigenvalue weighted by Crippen LogP contribution is -2.46. The zero-order valence-electron chi connectivity index (χ0n) is 15.9. The first-order chi connectivity index (χ1) is 11.9. The molecule has 0 saturated heterocycles. The minimum Gasteiger partial charge on any atom is -0.468 e. The van der Waals surface area contributed by atoms with Gasteiger partial charge in [0, 0.05) is 0 Å². The van der Waals surface area contributed by atoms with Crippen LogP contribution in [0.15, 0.2) is 0 Å². The number of methoxy groups -OCH3 is 1. The molecule has 3 atom stereocenters. The van der Waals surface area contributed by atoms with E-state index in [4.69, 9.17) is 14.2 Å². The van der Waals surface area contributed by atoms with Crippen molar-refractivity contribution in [2.45, 2.75) is 65.1 Å². The van der Waals surface area contributed by atoms with Crippen molar-refractivity contribution in [2.24, 2.45) is 0 Å². The summed E-state index contributed by atoms with van der Waals surface area (Å²) in [5, 5.41) is 6.02. The number of unbranched alkanes of at least 4 members (excludes halogenated alkanes) is 1. The summed E-state index contributed by atoms with van der Waals surface area (Å²) >= 11 is 0. The van der Waals surface area contributed by atoms with Gasteiger partial charge in [0.05, 0.1) is 20.3 Å². The minimum absolute atomic E-state index is 0.278. The second-order valence-electron chi connectivity index (χ2n) is 5.64. The van der Waals surface area contributed by atoms with Crippen molar-refractivity contribution in [1.82, 2.24) is 10.6 Å². The van der Waals surface area contributed by atoms with Gasteiger partial charge in [0.25, 0.3) is 0 Å². The highest BCUT2D eigenvalue weighted by Gasteiger charge is 2.24. The van der Waals surface area contributed by atoms with E-state index in [0.717, 1.165) is 12.8 Å². The predicted octanol–water partition coefficient (Wildman–Crippen LogP) is 0.781. The highest BCUT2D eigenvalue weighted by Crippen LogP contribution is 2.05. The number of esters is 3. The third-order valence-corrected chi connectivity index (χ3v) is 3.59. The molecule has 8 heteroatoms. The summed E-state index contributed by atoms with van der Waals surface area (Å²) < 4.78 is 14.6. The van der Waals surface area contributed by atoms with Crippen LogP contribution in [-0.4, -0.2) is 62.9 Å². The van der Waals surface area contributed by atoms with Crippen LogP contribution in [0.4, 0.5) is 0 Å². The van der Waals surface area contributed by atoms with E-state index in [9.17, 15) is 14.4 Å². The average Bonchev–Trinajstić information content (AvgIpc) is 2.59. The van der Waals surface area contributed by atoms with Crippen molar-refractivity contribution in [3.63, 3.8) is 0 Å². The molecule has 0 aromatic carbocycles. The van der Waals surface area contributed by atoms with Gasteiger partial charge in [-0.1, -0.05) is 6.42 Å². The Bertz CT molecular complexity index is 416. The lowest BCUT2D eigenvalue weighted by molar-refractivity contribution is -0.148. The topological polar surface area (TPSA) is 103 Å². The third-order valence-electron chi connectivity index (χ3n) is 3.59. The lowest BCUT2D eigenvalue weighted by Gasteiger charge is -2.20. The number of nitrogens with one attached hydrogen (secondary N) is 2. The first-order valence-electron chi connectivity index (χ1n) is 8.77. The summed E-state index contributed by atoms with van der Waals surface area (Å²) in [6.45, 7) is 8.16. The van der Waals surface area contributed by atoms with E-state index >= 15 is 0 Å². The quantitative estimate of drug-likeness (QED) is 0.282. The summed E-state index contributed by atoms with van der Waals surface area (Å²) in [5.41, 5.74) is 0. The zero-order chi connectivity index (χ0) is 19.2. The average molecular weight is 360 g/mol. The molecular weight excluding hydrogens is 328 g/mol. The summed E-state index contributed by atoms with van der Waals surface area (Å²) in [4.78, 5) is 35.0. The molecule has 0 aliphatic rings. The Labute approximate surface area is 150 Å². The first kappa shape index (κ1) is 23.3. The van der Waals surface area contributed by atoms with E-state index in [2.05, 4.69) is 10.6 Å². The lowest BCUT2D eigenvalue weighted by atomic mass is 10.1. The molecule has 0 spiro atoms. The maximum absolute atomic E-state index is 11.8. The Morgan fingerprint density at radius 1 is 0.880 bits per heavy atom. The second kappa shape index (κ2) is 13.6. The van der Waals surface area contributed by atoms with Crippen LogP contribution >= 0.6 is 0 Å². The van der Waals surface area contributed by atoms with Crippen molar-refractivity contribution in [3.8, 4) is 0 Å². The maximum Gasteiger partial charge on any atom is 0.322 e. The Hall–Kier alpha value is -1.67. The van der Waals surface area contributed by atoms with Gasteiger partial charge in [-0.15, -0.1) is 0 Å². The normalized spacial score (nSPS) is 14.3. The van der Waals surface area contributed by atoms with E-state index in [0.29, 0.717) is 19.6 Å². The molecule has 0 rings (SSSR count). The van der Waals surface area contributed by atoms with Crippen LogP contribution in [-0.2, 0) is 28.6 Å². The standard InChI is InChI=1S/C17H32N2O6/c1-6-24-15(20)12(3)18-11-9-8-10-14(17(22)23-5)19-13(4)16(21)25-7-2/h12-14,18-19H,6-11H2,1-5H3/t12-,13-,14+/m1/s1. The molecule has 0 aliphatic carbocycles. The monoisotopic (exact) mass is 360 g/mol. The Morgan fingerprint density at radius 3 is 1.96 bits per heavy atom. The van der Waals surface area contributed by atoms with Crippen molar-refractivity contribution < 1.29 is 28.6 Å². The zero-order valence-corrected chi connectivity index (χ0v) is 15.9. The molecule has 0 aromatic rings. The van der Waals surface area contributed by atoms with Crippen molar-refractivity contribution >= 4 is 17.9 Å². The van der Waals surface area contributed by atoms with E-state index < -0.39 is 24.0 Å². The fourth-order valence-corrected chi connectivity index (χ4v) is 2.19. The fraction of sp³-hybridized carbons (Fsp3) is 0.824. The SMILES string of the molecule is CCOC(=O)[C@@H](C)NCCCC[C@H](N[C@H](C)C(=O)OCC)C(=O)OC. The van der Waals surface area contributed by atoms with E-state index in [1.54, 1.807) is 27.7 Å². The number of ether oxygens (including phenoxy) is 3. The Balaban J connectivity index is 4.22. The van der Waals surface area contributed by atoms with E-state index in [-0.39, 0.29) is 18.6 Å². The molecule has 0 radical (unpaired) electrons. The van der Waals surface area contributed by atoms with Gasteiger partial charge in [0.1, 0.15) is 18.1 Å². The van der Waals surface area contributed by atoms with Crippen LogP contribution in [0, 0.1) is 0 Å². The van der Waals surface area contributed by atoms with Gasteiger partial charge in [0.15, 0.2) is 0 Å². The molecule has 2 N–H and O–H groups in total. The van der Waals surface area contributed by atoms with Gasteiger partial charge in [-0.2, -0.15) is 0 Å². The van der Waals surface area contributed by atoms with Crippen LogP contribution in [0.5, 0.6) is 0 Å². The molecule has 8 nitrogen and oxygen atoms in total. The van der Waals surface area contributed by atoms with Gasteiger partial charge in [-0.3, -0.25) is 19.7 Å². The van der Waals surface area contributed by atoms with Gasteiger partial charge >= 0.3 is 17.9 Å². The molecule has 0 bridgehead atoms. The third kappa shape index (κ3) is 10.0. The number of hydrogen-bond donors (Lipinski definition) is 2. The van der Waals surface area contributed by atoms with Crippen molar-refractivity contribution in [2.75, 3.05) is 26.9 Å². The van der Waals surface area contributed by atoms with Gasteiger partial charge < -0.3 is 19.5 Å². The first-order valence-corrected chi connectivity index (χ1v) is 8.77. The van der Waals surface area contributed by atoms with Crippen LogP contribution in [0.1, 0.15) is 47.0 Å². The fourth-order valence-electron chi connectivity index (χ4n) is 2.19. The van der Waals surface area contributed by atoms with E-state index in [1.807, 2.05) is 0 Å². The smallest absolute Gasteiger partial charge is 0.322 e. The maximum atomic E-state index is 11.8. The Kier molecular flexibility index (Phi) is 12.7. The van der Waals surface area contributed by atoms with Gasteiger partial charge in [0.2, 0.25) is 0 Å². The van der Waals surface area contributed by atoms with Crippen LogP contribution in [0.2, 0.25) is 0 Å². The molecule has 0 saturated carbocycles. The molecule has 0 aromatic heterocycles. The minimum atomic E-state index is -0.592. The number of carbonyl (C=O) groups is 3. The summed E-state index contributed by atoms with van der Waals surface area (Å²) in [6.07, 6.45) is 2.02. The highest BCUT2D eigenvalue weighted by molar-refractivity contribution is 5.79. The molecule has 146 valence electrons. The molecule has 0 unspecified atom stereocenters. The number of hydrogen-bond acceptors (Lipinski definition) is 8. The van der Waals surface area contributed by atoms with Crippen molar-refractivity contribution in [1.29, 1.82) is 0 Å². The highest BCUT2D eigenvalue weighted by atomic mass is 16.5. The molecule has 0 aliphatic heterocycles. The summed E-state index contributed by atoms with van der Waals surface area (Å²) in [6, 6.07) is -1.53. The van der Waals surface area contributed by atoms with Crippen LogP contribution in [0.3, 0.4) is 0 Å². The number of rotatable bonds is 13. The molecule has 25 heavy (non-hydrogen) atoms. The molecule has 0 amide bonds. The van der Waals surface area contributed by atoms with Crippen molar-refractivity contribution in [3.05, 3.63) is 0 Å². The van der Waals surface area contributed by atoms with Gasteiger partial charge in [-0.25, -0.2) is 0 Å². The van der Waals surface area contributed by atoms with E-state index in [1.165, 1.54) is 7.11 Å². The molecule has 0 fully saturated rings. The Morgan fingerprint density at radius 2 is 1.44 bits per heavy atom. The number of carbonyl (C=O) groups excluding carboxylic acids is 3.